The molecule has 0 amide bonds. The molecule has 152 valence electrons. The van der Waals surface area contributed by atoms with Crippen LogP contribution in [0.15, 0.2) is 0 Å². The van der Waals surface area contributed by atoms with Gasteiger partial charge in [-0.25, -0.2) is 0 Å². The van der Waals surface area contributed by atoms with Gasteiger partial charge in [-0.1, -0.05) is 74.1 Å². The maximum atomic E-state index is 6.81. The molecule has 0 aromatic rings. The molecule has 25 heavy (non-hydrogen) atoms. The van der Waals surface area contributed by atoms with Crippen molar-refractivity contribution in [1.82, 2.24) is 4.23 Å². The summed E-state index contributed by atoms with van der Waals surface area (Å²) in [6.07, 6.45) is 6.54. The molecule has 0 fully saturated rings. The normalized spacial score (nSPS) is 14.5. The Kier molecular flexibility index (Phi) is 14.0. The van der Waals surface area contributed by atoms with Crippen LogP contribution in [0.2, 0.25) is 36.3 Å². The fourth-order valence-electron chi connectivity index (χ4n) is 4.88. The summed E-state index contributed by atoms with van der Waals surface area (Å²) in [6.45, 7) is 17.0. The third-order valence-electron chi connectivity index (χ3n) is 6.95. The van der Waals surface area contributed by atoms with Crippen LogP contribution in [0.3, 0.4) is 0 Å². The van der Waals surface area contributed by atoms with Crippen LogP contribution < -0.4 is 0 Å². The highest BCUT2D eigenvalue weighted by Gasteiger charge is 2.50. The summed E-state index contributed by atoms with van der Waals surface area (Å²) in [4.78, 5) is 0. The Morgan fingerprint density at radius 2 is 1.08 bits per heavy atom. The van der Waals surface area contributed by atoms with E-state index in [-0.39, 0.29) is 0 Å². The van der Waals surface area contributed by atoms with Crippen molar-refractivity contribution in [2.75, 3.05) is 0 Å². The molecule has 0 aliphatic heterocycles. The molecule has 0 aromatic carbocycles. The molecule has 0 aliphatic carbocycles. The van der Waals surface area contributed by atoms with E-state index in [1.54, 1.807) is 0 Å². The van der Waals surface area contributed by atoms with Gasteiger partial charge in [-0.15, -0.1) is 22.2 Å². The SMILES string of the molecule is CCCCCCC(N([Si](CC)(CC)CC)[Si](CC)(CC)CC)[SiH](Cl)Cl. The molecule has 0 rings (SSSR count). The highest BCUT2D eigenvalue weighted by atomic mass is 35.7. The third-order valence-corrected chi connectivity index (χ3v) is 24.0. The molecule has 0 bridgehead atoms. The number of hydrogen-bond acceptors (Lipinski definition) is 1. The smallest absolute Gasteiger partial charge is 0.252 e. The number of halogens is 2. The molecular weight excluding hydrogens is 397 g/mol. The molecule has 0 N–H and O–H groups in total. The minimum Gasteiger partial charge on any atom is -0.343 e. The van der Waals surface area contributed by atoms with E-state index in [1.807, 2.05) is 0 Å². The lowest BCUT2D eigenvalue weighted by Gasteiger charge is -2.56. The van der Waals surface area contributed by atoms with Crippen molar-refractivity contribution in [3.05, 3.63) is 0 Å². The molecule has 6 heteroatoms. The van der Waals surface area contributed by atoms with Crippen molar-refractivity contribution >= 4 is 46.0 Å². The Balaban J connectivity index is 5.95. The van der Waals surface area contributed by atoms with Crippen LogP contribution in [-0.4, -0.2) is 33.8 Å². The first-order chi connectivity index (χ1) is 11.9. The Labute approximate surface area is 172 Å². The lowest BCUT2D eigenvalue weighted by molar-refractivity contribution is 0.474. The minimum atomic E-state index is -1.74. The van der Waals surface area contributed by atoms with Gasteiger partial charge in [0.05, 0.1) is 0 Å². The van der Waals surface area contributed by atoms with E-state index in [0.717, 1.165) is 0 Å². The predicted octanol–water partition coefficient (Wildman–Crippen LogP) is 7.88. The third kappa shape index (κ3) is 6.63. The summed E-state index contributed by atoms with van der Waals surface area (Å²) in [5.41, 5.74) is 0.512. The summed E-state index contributed by atoms with van der Waals surface area (Å²) in [5.74, 6) is 0. The second-order valence-electron chi connectivity index (χ2n) is 7.69. The quantitative estimate of drug-likeness (QED) is 0.142. The largest absolute Gasteiger partial charge is 0.343 e. The zero-order valence-corrected chi connectivity index (χ0v) is 22.8. The average molecular weight is 443 g/mol. The molecule has 1 atom stereocenters. The van der Waals surface area contributed by atoms with Crippen molar-refractivity contribution in [2.24, 2.45) is 0 Å². The van der Waals surface area contributed by atoms with Crippen molar-refractivity contribution < 1.29 is 0 Å². The highest BCUT2D eigenvalue weighted by molar-refractivity contribution is 7.34. The van der Waals surface area contributed by atoms with Crippen molar-refractivity contribution in [1.29, 1.82) is 0 Å². The molecule has 0 saturated carbocycles. The number of unbranched alkanes of at least 4 members (excludes halogenated alkanes) is 3. The molecule has 0 saturated heterocycles. The van der Waals surface area contributed by atoms with Crippen LogP contribution in [-0.2, 0) is 0 Å². The molecule has 0 radical (unpaired) electrons. The van der Waals surface area contributed by atoms with Crippen LogP contribution in [0, 0.1) is 0 Å². The molecule has 0 aromatic heterocycles. The van der Waals surface area contributed by atoms with E-state index >= 15 is 0 Å². The first kappa shape index (κ1) is 26.2. The zero-order chi connectivity index (χ0) is 19.5. The number of nitrogens with zero attached hydrogens (tertiary/aromatic N) is 1. The summed E-state index contributed by atoms with van der Waals surface area (Å²) in [6, 6.07) is 8.14. The van der Waals surface area contributed by atoms with Gasteiger partial charge in [0.15, 0.2) is 0 Å². The van der Waals surface area contributed by atoms with E-state index in [4.69, 9.17) is 22.2 Å². The molecule has 1 unspecified atom stereocenters. The van der Waals surface area contributed by atoms with E-state index in [2.05, 4.69) is 52.7 Å². The monoisotopic (exact) mass is 441 g/mol. The summed E-state index contributed by atoms with van der Waals surface area (Å²) in [7, 11) is -4.70. The zero-order valence-electron chi connectivity index (χ0n) is 18.1. The first-order valence-corrected chi connectivity index (χ1v) is 20.2. The predicted molar refractivity (Wildman–Crippen MR) is 128 cm³/mol. The van der Waals surface area contributed by atoms with E-state index < -0.39 is 23.9 Å². The Morgan fingerprint density at radius 1 is 0.680 bits per heavy atom. The van der Waals surface area contributed by atoms with E-state index in [0.29, 0.717) is 5.67 Å². The topological polar surface area (TPSA) is 3.24 Å². The standard InChI is InChI=1S/C19H45Cl2NSi3/c1-8-15-16-17-18-19(23(20)21)22(24(9-2,10-3)11-4)25(12-5,13-6)14-7/h19,23H,8-18H2,1-7H3. The Hall–Kier alpha value is 1.19. The average Bonchev–Trinajstić information content (AvgIpc) is 2.64. The summed E-state index contributed by atoms with van der Waals surface area (Å²) in [5, 5.41) is 0. The fourth-order valence-corrected chi connectivity index (χ4v) is 24.5. The van der Waals surface area contributed by atoms with E-state index in [1.165, 1.54) is 68.4 Å². The van der Waals surface area contributed by atoms with Crippen molar-refractivity contribution in [3.8, 4) is 0 Å². The van der Waals surface area contributed by atoms with Crippen LogP contribution in [0.1, 0.15) is 80.6 Å². The Morgan fingerprint density at radius 3 is 1.36 bits per heavy atom. The van der Waals surface area contributed by atoms with E-state index in [9.17, 15) is 0 Å². The van der Waals surface area contributed by atoms with Gasteiger partial charge in [-0.3, -0.25) is 0 Å². The van der Waals surface area contributed by atoms with Crippen molar-refractivity contribution in [3.63, 3.8) is 0 Å². The van der Waals surface area contributed by atoms with Gasteiger partial charge in [-0.2, -0.15) is 0 Å². The lowest BCUT2D eigenvalue weighted by Crippen LogP contribution is -2.70. The number of hydrogen-bond donors (Lipinski definition) is 0. The Bertz CT molecular complexity index is 298. The van der Waals surface area contributed by atoms with Crippen LogP contribution in [0.5, 0.6) is 0 Å². The molecule has 0 spiro atoms. The summed E-state index contributed by atoms with van der Waals surface area (Å²) < 4.78 is 3.16. The number of rotatable bonds is 15. The van der Waals surface area contributed by atoms with Gasteiger partial charge in [0.25, 0.3) is 7.42 Å². The van der Waals surface area contributed by atoms with Gasteiger partial charge in [0.2, 0.25) is 0 Å². The molecule has 1 nitrogen and oxygen atoms in total. The molecular formula is C19H45Cl2NSi3. The van der Waals surface area contributed by atoms with Gasteiger partial charge < -0.3 is 4.23 Å². The van der Waals surface area contributed by atoms with Gasteiger partial charge in [-0.05, 0) is 42.7 Å². The molecule has 0 heterocycles. The minimum absolute atomic E-state index is 0.512. The maximum absolute atomic E-state index is 6.81. The van der Waals surface area contributed by atoms with Crippen LogP contribution in [0.4, 0.5) is 0 Å². The highest BCUT2D eigenvalue weighted by Crippen LogP contribution is 2.40. The van der Waals surface area contributed by atoms with Crippen LogP contribution in [0.25, 0.3) is 0 Å². The lowest BCUT2D eigenvalue weighted by atomic mass is 10.1. The van der Waals surface area contributed by atoms with Crippen molar-refractivity contribution in [2.45, 2.75) is 122 Å². The second-order valence-corrected chi connectivity index (χ2v) is 23.2. The second kappa shape index (κ2) is 13.4. The van der Waals surface area contributed by atoms with Crippen LogP contribution >= 0.6 is 22.2 Å². The first-order valence-electron chi connectivity index (χ1n) is 11.0. The maximum Gasteiger partial charge on any atom is 0.252 e. The van der Waals surface area contributed by atoms with Gasteiger partial charge in [0, 0.05) is 5.67 Å². The molecule has 0 aliphatic rings. The van der Waals surface area contributed by atoms with Gasteiger partial charge in [0.1, 0.15) is 16.5 Å². The fraction of sp³-hybridized carbons (Fsp3) is 1.00. The van der Waals surface area contributed by atoms with Gasteiger partial charge >= 0.3 is 0 Å². The summed E-state index contributed by atoms with van der Waals surface area (Å²) >= 11 is 13.6.